The van der Waals surface area contributed by atoms with Crippen LogP contribution in [0.2, 0.25) is 0 Å². The maximum Gasteiger partial charge on any atom is -0.0398 e. The minimum atomic E-state index is -4.53. The zero-order valence-electron chi connectivity index (χ0n) is 33.1. The second-order valence-electron chi connectivity index (χ2n) is 15.5. The number of hydrogen-bond acceptors (Lipinski definition) is 4. The largest absolute Gasteiger partial charge is 0.0622 e. The molecular formula is C43H60N4O2Si. The predicted molar refractivity (Wildman–Crippen MR) is 212 cm³/mol. The Morgan fingerprint density at radius 1 is 0.620 bits per heavy atom. The Labute approximate surface area is 302 Å². The smallest absolute Gasteiger partial charge is 0.0398 e. The normalized spacial score (nSPS) is 17.3. The molecule has 0 unspecified atom stereocenters. The van der Waals surface area contributed by atoms with E-state index in [0.717, 1.165) is 22.5 Å². The Morgan fingerprint density at radius 3 is 1.36 bits per heavy atom. The Hall–Kier alpha value is -3.91. The van der Waals surface area contributed by atoms with Gasteiger partial charge in [-0.3, -0.25) is 0 Å². The van der Waals surface area contributed by atoms with Gasteiger partial charge in [-0.2, -0.15) is 0 Å². The van der Waals surface area contributed by atoms with Crippen LogP contribution >= 0.6 is 0 Å². The predicted octanol–water partition coefficient (Wildman–Crippen LogP) is 9.96. The molecule has 2 aliphatic heterocycles. The van der Waals surface area contributed by atoms with Crippen LogP contribution in [-0.4, -0.2) is 12.7 Å². The van der Waals surface area contributed by atoms with Gasteiger partial charge in [-0.15, -0.1) is 0 Å². The molecule has 1 fully saturated rings. The molecule has 1 aromatic heterocycles. The van der Waals surface area contributed by atoms with Crippen LogP contribution in [0.5, 0.6) is 0 Å². The zero-order chi connectivity index (χ0) is 36.9. The second-order valence-corrected chi connectivity index (χ2v) is 19.2. The fraction of sp³-hybridized carbons (Fsp3) is 0.419. The van der Waals surface area contributed by atoms with Gasteiger partial charge < -0.3 is 0 Å². The van der Waals surface area contributed by atoms with E-state index < -0.39 is 8.16 Å². The van der Waals surface area contributed by atoms with Gasteiger partial charge in [0.25, 0.3) is 0 Å². The van der Waals surface area contributed by atoms with Crippen molar-refractivity contribution in [2.75, 3.05) is 9.13 Å². The number of hydrogen-bond donors (Lipinski definition) is 0. The third-order valence-electron chi connectivity index (χ3n) is 10.7. The van der Waals surface area contributed by atoms with Gasteiger partial charge in [0.15, 0.2) is 0 Å². The first kappa shape index (κ1) is 37.3. The van der Waals surface area contributed by atoms with E-state index in [9.17, 15) is 0 Å². The monoisotopic (exact) mass is 692 g/mol. The number of imidazole rings is 1. The van der Waals surface area contributed by atoms with Crippen LogP contribution in [0.15, 0.2) is 90.8 Å². The number of anilines is 2. The van der Waals surface area contributed by atoms with Crippen LogP contribution < -0.4 is 19.1 Å². The maximum absolute atomic E-state index is 6.92. The molecule has 3 heterocycles. The van der Waals surface area contributed by atoms with Crippen molar-refractivity contribution in [3.8, 4) is 0 Å². The molecular weight excluding hydrogens is 633 g/mol. The molecule has 7 heteroatoms. The van der Waals surface area contributed by atoms with Gasteiger partial charge in [-0.25, -0.2) is 0 Å². The molecule has 3 aromatic carbocycles. The van der Waals surface area contributed by atoms with Crippen molar-refractivity contribution in [3.63, 3.8) is 0 Å². The summed E-state index contributed by atoms with van der Waals surface area (Å²) in [4.78, 5) is 0. The summed E-state index contributed by atoms with van der Waals surface area (Å²) in [5.74, 6) is 1.16. The Balaban J connectivity index is 0.000000619. The maximum atomic E-state index is 6.92. The first-order valence-corrected chi connectivity index (χ1v) is 20.5. The number of aryl methyl sites for hydroxylation is 1. The van der Waals surface area contributed by atoms with Crippen LogP contribution in [0.25, 0.3) is 0 Å². The van der Waals surface area contributed by atoms with Gasteiger partial charge in [-0.05, 0) is 6.92 Å². The van der Waals surface area contributed by atoms with Crippen LogP contribution in [-0.2, 0) is 23.2 Å². The van der Waals surface area contributed by atoms with Gasteiger partial charge in [0.05, 0.1) is 0 Å². The SMILES string of the molecule is C=C1C=C(C)N(c2c(C(C)C)cccc2C(C)C)[Si-]2(c3n(C)c(C)c(C)[n+]3C)(OO2)N1c1c(C(C)C)cccc1C(C)C.Cc1ccccc1. The molecule has 6 nitrogen and oxygen atoms in total. The zero-order valence-corrected chi connectivity index (χ0v) is 34.1. The fourth-order valence-corrected chi connectivity index (χ4v) is 13.5. The number of allylic oxidation sites excluding steroid dienone is 2. The first-order valence-electron chi connectivity index (χ1n) is 18.3. The standard InChI is InChI=1S/C36H52N4O2Si.C7H8/c1-22(2)30-17-15-18-31(23(3)4)34(30)39-26(9)21-27(10)40(35-32(24(5)6)19-16-20-33(35)25(7)8)43(39,41-42-43)36-37(13)28(11)29(12)38(36)14;1-7-5-3-2-4-6-7/h15-25H,9H2,1-8,10-14H3;2-6H,1H3. The van der Waals surface area contributed by atoms with E-state index in [0.29, 0.717) is 11.8 Å². The van der Waals surface area contributed by atoms with Gasteiger partial charge in [0.1, 0.15) is 0 Å². The van der Waals surface area contributed by atoms with E-state index in [1.165, 1.54) is 44.9 Å². The molecule has 4 aromatic rings. The van der Waals surface area contributed by atoms with Gasteiger partial charge in [0, 0.05) is 0 Å². The minimum Gasteiger partial charge on any atom is -0.0622 e. The molecule has 50 heavy (non-hydrogen) atoms. The van der Waals surface area contributed by atoms with Crippen molar-refractivity contribution in [1.82, 2.24) is 4.57 Å². The van der Waals surface area contributed by atoms with E-state index in [1.54, 1.807) is 0 Å². The average Bonchev–Trinajstić information content (AvgIpc) is 3.75. The molecule has 0 amide bonds. The van der Waals surface area contributed by atoms with Crippen molar-refractivity contribution in [2.24, 2.45) is 14.1 Å². The van der Waals surface area contributed by atoms with Gasteiger partial charge in [-0.1, -0.05) is 35.9 Å². The molecule has 0 bridgehead atoms. The van der Waals surface area contributed by atoms with Crippen LogP contribution in [0.4, 0.5) is 11.4 Å². The van der Waals surface area contributed by atoms with Crippen molar-refractivity contribution < 1.29 is 13.7 Å². The van der Waals surface area contributed by atoms with Crippen LogP contribution in [0, 0.1) is 20.8 Å². The fourth-order valence-electron chi connectivity index (χ4n) is 7.91. The number of nitrogens with zero attached hydrogens (tertiary/aromatic N) is 4. The third-order valence-corrected chi connectivity index (χ3v) is 15.5. The van der Waals surface area contributed by atoms with Crippen molar-refractivity contribution >= 4 is 25.0 Å². The molecule has 0 atom stereocenters. The summed E-state index contributed by atoms with van der Waals surface area (Å²) in [6.07, 6.45) is 2.22. The van der Waals surface area contributed by atoms with E-state index in [4.69, 9.17) is 15.7 Å². The van der Waals surface area contributed by atoms with Crippen molar-refractivity contribution in [1.29, 1.82) is 0 Å². The van der Waals surface area contributed by atoms with Crippen molar-refractivity contribution in [2.45, 2.75) is 107 Å². The van der Waals surface area contributed by atoms with E-state index in [-0.39, 0.29) is 11.8 Å². The third kappa shape index (κ3) is 5.77. The van der Waals surface area contributed by atoms with Crippen LogP contribution in [0.3, 0.4) is 0 Å². The topological polar surface area (TPSA) is 40.4 Å². The summed E-state index contributed by atoms with van der Waals surface area (Å²) >= 11 is 0. The molecule has 6 rings (SSSR count). The van der Waals surface area contributed by atoms with E-state index >= 15 is 0 Å². The molecule has 2 aliphatic rings. The number of rotatable bonds is 7. The Morgan fingerprint density at radius 2 is 1.04 bits per heavy atom. The quantitative estimate of drug-likeness (QED) is 0.0837. The Bertz CT molecular complexity index is 1850. The van der Waals surface area contributed by atoms with Gasteiger partial charge in [0.2, 0.25) is 0 Å². The molecule has 0 radical (unpaired) electrons. The number of para-hydroxylation sites is 2. The van der Waals surface area contributed by atoms with Crippen molar-refractivity contribution in [3.05, 3.63) is 130 Å². The van der Waals surface area contributed by atoms with Crippen LogP contribution in [0.1, 0.15) is 125 Å². The molecule has 268 valence electrons. The summed E-state index contributed by atoms with van der Waals surface area (Å²) in [7, 11) is -0.233. The Kier molecular flexibility index (Phi) is 10.2. The summed E-state index contributed by atoms with van der Waals surface area (Å²) in [5, 5.41) is 0. The second kappa shape index (κ2) is 13.7. The molecule has 1 spiro atoms. The molecule has 0 saturated carbocycles. The van der Waals surface area contributed by atoms with Gasteiger partial charge >= 0.3 is 260 Å². The molecule has 0 N–H and O–H groups in total. The summed E-state index contributed by atoms with van der Waals surface area (Å²) in [6, 6.07) is 23.7. The first-order chi connectivity index (χ1) is 23.5. The number of benzene rings is 3. The summed E-state index contributed by atoms with van der Waals surface area (Å²) in [6.45, 7) is 31.6. The number of aromatic nitrogens is 2. The minimum absolute atomic E-state index is 0.283. The van der Waals surface area contributed by atoms with E-state index in [2.05, 4.69) is 170 Å². The van der Waals surface area contributed by atoms with E-state index in [1.807, 2.05) is 18.2 Å². The molecule has 0 aliphatic carbocycles. The molecule has 1 saturated heterocycles. The summed E-state index contributed by atoms with van der Waals surface area (Å²) < 4.78 is 23.3. The average molecular weight is 693 g/mol. The summed E-state index contributed by atoms with van der Waals surface area (Å²) in [5.41, 5.74) is 14.1.